The van der Waals surface area contributed by atoms with Crippen molar-refractivity contribution >= 4 is 11.6 Å². The highest BCUT2D eigenvalue weighted by Crippen LogP contribution is 2.10. The molecule has 98 valence electrons. The van der Waals surface area contributed by atoms with Crippen LogP contribution in [0.25, 0.3) is 0 Å². The first-order valence-electron chi connectivity index (χ1n) is 5.82. The summed E-state index contributed by atoms with van der Waals surface area (Å²) in [6.45, 7) is 1.71. The Balaban J connectivity index is 2.09. The lowest BCUT2D eigenvalue weighted by Crippen LogP contribution is -2.43. The molecule has 1 heterocycles. The van der Waals surface area contributed by atoms with Crippen LogP contribution in [0.15, 0.2) is 48.8 Å². The molecule has 0 bridgehead atoms. The van der Waals surface area contributed by atoms with Crippen LogP contribution in [0.3, 0.4) is 0 Å². The van der Waals surface area contributed by atoms with Gasteiger partial charge in [0.15, 0.2) is 11.9 Å². The Kier molecular flexibility index (Phi) is 3.75. The number of halogens is 1. The van der Waals surface area contributed by atoms with Crippen LogP contribution in [0, 0.1) is 5.82 Å². The van der Waals surface area contributed by atoms with Gasteiger partial charge in [-0.3, -0.25) is 4.79 Å². The third kappa shape index (κ3) is 3.28. The van der Waals surface area contributed by atoms with Crippen molar-refractivity contribution in [2.24, 2.45) is 0 Å². The SMILES string of the molecule is C[C@H](C(=O)Nc1ccc(F)cc1)[n+]1cccc(O)c1. The molecule has 1 atom stereocenters. The Hall–Kier alpha value is -2.43. The number of benzene rings is 1. The van der Waals surface area contributed by atoms with E-state index in [1.165, 1.54) is 36.5 Å². The molecule has 1 amide bonds. The summed E-state index contributed by atoms with van der Waals surface area (Å²) in [7, 11) is 0. The van der Waals surface area contributed by atoms with Crippen molar-refractivity contribution in [2.45, 2.75) is 13.0 Å². The van der Waals surface area contributed by atoms with E-state index in [1.54, 1.807) is 23.8 Å². The first kappa shape index (κ1) is 13.0. The fourth-order valence-corrected chi connectivity index (χ4v) is 1.64. The molecule has 4 nitrogen and oxygen atoms in total. The lowest BCUT2D eigenvalue weighted by atomic mass is 10.2. The van der Waals surface area contributed by atoms with E-state index in [9.17, 15) is 14.3 Å². The van der Waals surface area contributed by atoms with Gasteiger partial charge in [-0.05, 0) is 30.3 Å². The Morgan fingerprint density at radius 1 is 1.32 bits per heavy atom. The molecule has 0 aliphatic rings. The van der Waals surface area contributed by atoms with Gasteiger partial charge in [0.05, 0.1) is 0 Å². The summed E-state index contributed by atoms with van der Waals surface area (Å²) in [6, 6.07) is 8.24. The lowest BCUT2D eigenvalue weighted by Gasteiger charge is -2.08. The zero-order valence-corrected chi connectivity index (χ0v) is 10.4. The number of hydrogen-bond acceptors (Lipinski definition) is 2. The summed E-state index contributed by atoms with van der Waals surface area (Å²) in [5.74, 6) is -0.514. The standard InChI is InChI=1S/C14H13FN2O2/c1-10(17-8-2-3-13(18)9-17)14(19)16-12-6-4-11(15)5-7-12/h2-10H,1H3,(H-,16,18,19)/p+1/t10-/m1/s1. The van der Waals surface area contributed by atoms with Gasteiger partial charge in [0.25, 0.3) is 5.91 Å². The molecule has 0 unspecified atom stereocenters. The molecule has 2 rings (SSSR count). The maximum Gasteiger partial charge on any atom is 0.293 e. The summed E-state index contributed by atoms with van der Waals surface area (Å²) >= 11 is 0. The fraction of sp³-hybridized carbons (Fsp3) is 0.143. The van der Waals surface area contributed by atoms with Gasteiger partial charge in [-0.25, -0.2) is 4.39 Å². The van der Waals surface area contributed by atoms with Crippen molar-refractivity contribution in [2.75, 3.05) is 5.32 Å². The van der Waals surface area contributed by atoms with Crippen LogP contribution in [0.4, 0.5) is 10.1 Å². The number of pyridine rings is 1. The largest absolute Gasteiger partial charge is 0.503 e. The van der Waals surface area contributed by atoms with Gasteiger partial charge >= 0.3 is 0 Å². The number of aromatic hydroxyl groups is 1. The van der Waals surface area contributed by atoms with E-state index < -0.39 is 6.04 Å². The Labute approximate surface area is 110 Å². The number of carbonyl (C=O) groups is 1. The van der Waals surface area contributed by atoms with E-state index in [0.29, 0.717) is 5.69 Å². The molecule has 0 fully saturated rings. The molecular formula is C14H14FN2O2+. The Bertz CT molecular complexity index is 584. The van der Waals surface area contributed by atoms with E-state index in [-0.39, 0.29) is 17.5 Å². The molecule has 0 aliphatic carbocycles. The number of nitrogens with zero attached hydrogens (tertiary/aromatic N) is 1. The van der Waals surface area contributed by atoms with Gasteiger partial charge in [-0.2, -0.15) is 4.57 Å². The molecule has 0 spiro atoms. The lowest BCUT2D eigenvalue weighted by molar-refractivity contribution is -0.705. The number of amides is 1. The van der Waals surface area contributed by atoms with Crippen LogP contribution in [0.1, 0.15) is 13.0 Å². The first-order valence-corrected chi connectivity index (χ1v) is 5.82. The highest BCUT2D eigenvalue weighted by atomic mass is 19.1. The van der Waals surface area contributed by atoms with Crippen molar-refractivity contribution < 1.29 is 18.9 Å². The van der Waals surface area contributed by atoms with Gasteiger partial charge in [0, 0.05) is 18.7 Å². The summed E-state index contributed by atoms with van der Waals surface area (Å²) in [4.78, 5) is 12.0. The molecule has 19 heavy (non-hydrogen) atoms. The number of hydrogen-bond donors (Lipinski definition) is 2. The summed E-state index contributed by atoms with van der Waals surface area (Å²) < 4.78 is 14.3. The molecule has 1 aromatic heterocycles. The van der Waals surface area contributed by atoms with Crippen LogP contribution >= 0.6 is 0 Å². The van der Waals surface area contributed by atoms with Crippen LogP contribution in [0.2, 0.25) is 0 Å². The molecule has 0 saturated heterocycles. The monoisotopic (exact) mass is 261 g/mol. The second-order valence-electron chi connectivity index (χ2n) is 4.18. The van der Waals surface area contributed by atoms with Crippen molar-refractivity contribution in [3.8, 4) is 5.75 Å². The van der Waals surface area contributed by atoms with E-state index in [1.807, 2.05) is 0 Å². The highest BCUT2D eigenvalue weighted by Gasteiger charge is 2.22. The van der Waals surface area contributed by atoms with Crippen molar-refractivity contribution in [3.63, 3.8) is 0 Å². The quantitative estimate of drug-likeness (QED) is 0.830. The van der Waals surface area contributed by atoms with E-state index >= 15 is 0 Å². The zero-order valence-electron chi connectivity index (χ0n) is 10.4. The maximum atomic E-state index is 12.7. The summed E-state index contributed by atoms with van der Waals surface area (Å²) in [6.07, 6.45) is 3.16. The van der Waals surface area contributed by atoms with Crippen molar-refractivity contribution in [3.05, 3.63) is 54.6 Å². The van der Waals surface area contributed by atoms with Gasteiger partial charge in [-0.15, -0.1) is 0 Å². The minimum Gasteiger partial charge on any atom is -0.503 e. The van der Waals surface area contributed by atoms with Gasteiger partial charge in [0.2, 0.25) is 12.2 Å². The summed E-state index contributed by atoms with van der Waals surface area (Å²) in [5.41, 5.74) is 0.527. The third-order valence-corrected chi connectivity index (χ3v) is 2.74. The zero-order chi connectivity index (χ0) is 13.8. The van der Waals surface area contributed by atoms with Crippen molar-refractivity contribution in [1.82, 2.24) is 0 Å². The molecule has 5 heteroatoms. The average Bonchev–Trinajstić information content (AvgIpc) is 2.40. The van der Waals surface area contributed by atoms with Crippen LogP contribution in [-0.2, 0) is 4.79 Å². The predicted molar refractivity (Wildman–Crippen MR) is 68.0 cm³/mol. The molecule has 2 N–H and O–H groups in total. The van der Waals surface area contributed by atoms with Gasteiger partial charge < -0.3 is 10.4 Å². The van der Waals surface area contributed by atoms with Crippen LogP contribution in [-0.4, -0.2) is 11.0 Å². The maximum absolute atomic E-state index is 12.7. The minimum absolute atomic E-state index is 0.0870. The molecule has 0 aliphatic heterocycles. The number of nitrogens with one attached hydrogen (secondary N) is 1. The number of anilines is 1. The third-order valence-electron chi connectivity index (χ3n) is 2.74. The molecule has 2 aromatic rings. The number of carbonyl (C=O) groups excluding carboxylic acids is 1. The Morgan fingerprint density at radius 2 is 2.00 bits per heavy atom. The highest BCUT2D eigenvalue weighted by molar-refractivity contribution is 5.92. The summed E-state index contributed by atoms with van der Waals surface area (Å²) in [5, 5.41) is 12.0. The number of aromatic nitrogens is 1. The minimum atomic E-state index is -0.489. The predicted octanol–water partition coefficient (Wildman–Crippen LogP) is 2.02. The Morgan fingerprint density at radius 3 is 2.63 bits per heavy atom. The second-order valence-corrected chi connectivity index (χ2v) is 4.18. The number of rotatable bonds is 3. The fourth-order valence-electron chi connectivity index (χ4n) is 1.64. The van der Waals surface area contributed by atoms with E-state index in [0.717, 1.165) is 0 Å². The van der Waals surface area contributed by atoms with E-state index in [4.69, 9.17) is 0 Å². The molecule has 0 saturated carbocycles. The average molecular weight is 261 g/mol. The molecule has 0 radical (unpaired) electrons. The normalized spacial score (nSPS) is 11.9. The molecular weight excluding hydrogens is 247 g/mol. The molecule has 1 aromatic carbocycles. The van der Waals surface area contributed by atoms with Crippen LogP contribution in [0.5, 0.6) is 5.75 Å². The van der Waals surface area contributed by atoms with Crippen molar-refractivity contribution in [1.29, 1.82) is 0 Å². The smallest absolute Gasteiger partial charge is 0.293 e. The second kappa shape index (κ2) is 5.48. The van der Waals surface area contributed by atoms with Gasteiger partial charge in [0.1, 0.15) is 5.82 Å². The van der Waals surface area contributed by atoms with E-state index in [2.05, 4.69) is 5.32 Å². The first-order chi connectivity index (χ1) is 9.06. The topological polar surface area (TPSA) is 53.2 Å². The van der Waals surface area contributed by atoms with Gasteiger partial charge in [-0.1, -0.05) is 0 Å². The van der Waals surface area contributed by atoms with Crippen LogP contribution < -0.4 is 9.88 Å².